The molecule has 1 N–H and O–H groups in total. The number of nitrogens with one attached hydrogen (secondary N) is 1. The molecule has 1 aromatic rings. The highest BCUT2D eigenvalue weighted by atomic mass is 35.5. The van der Waals surface area contributed by atoms with Crippen LogP contribution in [0.5, 0.6) is 5.75 Å². The Bertz CT molecular complexity index is 489. The lowest BCUT2D eigenvalue weighted by molar-refractivity contribution is -0.384. The van der Waals surface area contributed by atoms with Gasteiger partial charge in [0, 0.05) is 18.2 Å². The molecule has 0 saturated heterocycles. The summed E-state index contributed by atoms with van der Waals surface area (Å²) in [5, 5.41) is 13.4. The van der Waals surface area contributed by atoms with E-state index in [9.17, 15) is 14.9 Å². The Morgan fingerprint density at radius 2 is 2.10 bits per heavy atom. The van der Waals surface area contributed by atoms with E-state index in [0.29, 0.717) is 5.75 Å². The minimum Gasteiger partial charge on any atom is -0.484 e. The molecule has 1 aromatic carbocycles. The highest BCUT2D eigenvalue weighted by Crippen LogP contribution is 2.28. The number of nitrogens with zero attached hydrogens (tertiary/aromatic N) is 1. The van der Waals surface area contributed by atoms with E-state index in [1.165, 1.54) is 18.2 Å². The standard InChI is InChI=1S/C13H17ClN2O4/c1-3-9(4-2)15-13(17)8-20-10-5-6-12(16(18)19)11(14)7-10/h5-7,9H,3-4,8H2,1-2H3,(H,15,17). The molecule has 0 heterocycles. The summed E-state index contributed by atoms with van der Waals surface area (Å²) < 4.78 is 5.25. The van der Waals surface area contributed by atoms with E-state index < -0.39 is 4.92 Å². The maximum atomic E-state index is 11.6. The van der Waals surface area contributed by atoms with Crippen LogP contribution in [0, 0.1) is 10.1 Å². The van der Waals surface area contributed by atoms with Crippen molar-refractivity contribution in [3.8, 4) is 5.75 Å². The van der Waals surface area contributed by atoms with Crippen LogP contribution in [0.4, 0.5) is 5.69 Å². The average molecular weight is 301 g/mol. The molecule has 1 amide bonds. The number of nitro benzene ring substituents is 1. The smallest absolute Gasteiger partial charge is 0.288 e. The van der Waals surface area contributed by atoms with E-state index in [1.54, 1.807) is 0 Å². The molecule has 1 rings (SSSR count). The summed E-state index contributed by atoms with van der Waals surface area (Å²) >= 11 is 5.75. The highest BCUT2D eigenvalue weighted by Gasteiger charge is 2.13. The molecular formula is C13H17ClN2O4. The van der Waals surface area contributed by atoms with E-state index in [1.807, 2.05) is 13.8 Å². The van der Waals surface area contributed by atoms with Crippen molar-refractivity contribution in [2.24, 2.45) is 0 Å². The van der Waals surface area contributed by atoms with Crippen molar-refractivity contribution in [2.75, 3.05) is 6.61 Å². The van der Waals surface area contributed by atoms with Crippen molar-refractivity contribution in [1.82, 2.24) is 5.32 Å². The third-order valence-corrected chi connectivity index (χ3v) is 3.14. The number of carbonyl (C=O) groups is 1. The highest BCUT2D eigenvalue weighted by molar-refractivity contribution is 6.32. The van der Waals surface area contributed by atoms with Gasteiger partial charge in [0.25, 0.3) is 11.6 Å². The molecule has 0 bridgehead atoms. The zero-order chi connectivity index (χ0) is 15.1. The fraction of sp³-hybridized carbons (Fsp3) is 0.462. The Balaban J connectivity index is 2.56. The van der Waals surface area contributed by atoms with Crippen molar-refractivity contribution >= 4 is 23.2 Å². The molecule has 0 unspecified atom stereocenters. The summed E-state index contributed by atoms with van der Waals surface area (Å²) in [6, 6.07) is 4.11. The van der Waals surface area contributed by atoms with Gasteiger partial charge in [-0.1, -0.05) is 25.4 Å². The normalized spacial score (nSPS) is 10.4. The van der Waals surface area contributed by atoms with Crippen molar-refractivity contribution in [3.63, 3.8) is 0 Å². The van der Waals surface area contributed by atoms with Gasteiger partial charge < -0.3 is 10.1 Å². The van der Waals surface area contributed by atoms with Crippen LogP contribution in [-0.2, 0) is 4.79 Å². The number of carbonyl (C=O) groups excluding carboxylic acids is 1. The molecule has 0 atom stereocenters. The Labute approximate surface area is 122 Å². The largest absolute Gasteiger partial charge is 0.484 e. The SMILES string of the molecule is CCC(CC)NC(=O)COc1ccc([N+](=O)[O-])c(Cl)c1. The van der Waals surface area contributed by atoms with Crippen molar-refractivity contribution in [2.45, 2.75) is 32.7 Å². The van der Waals surface area contributed by atoms with Crippen LogP contribution in [0.25, 0.3) is 0 Å². The fourth-order valence-corrected chi connectivity index (χ4v) is 1.88. The summed E-state index contributed by atoms with van der Waals surface area (Å²) in [6.07, 6.45) is 1.71. The lowest BCUT2D eigenvalue weighted by Crippen LogP contribution is -2.37. The van der Waals surface area contributed by atoms with Crippen LogP contribution in [0.15, 0.2) is 18.2 Å². The molecular weight excluding hydrogens is 284 g/mol. The first-order valence-electron chi connectivity index (χ1n) is 6.34. The van der Waals surface area contributed by atoms with Crippen LogP contribution in [-0.4, -0.2) is 23.5 Å². The average Bonchev–Trinajstić information content (AvgIpc) is 2.42. The van der Waals surface area contributed by atoms with Gasteiger partial charge in [-0.15, -0.1) is 0 Å². The van der Waals surface area contributed by atoms with Gasteiger partial charge in [0.1, 0.15) is 10.8 Å². The molecule has 0 aromatic heterocycles. The molecule has 0 saturated carbocycles. The molecule has 0 spiro atoms. The number of ether oxygens (including phenoxy) is 1. The molecule has 0 fully saturated rings. The van der Waals surface area contributed by atoms with Gasteiger partial charge in [-0.2, -0.15) is 0 Å². The van der Waals surface area contributed by atoms with Gasteiger partial charge in [-0.3, -0.25) is 14.9 Å². The topological polar surface area (TPSA) is 81.5 Å². The van der Waals surface area contributed by atoms with E-state index in [-0.39, 0.29) is 29.3 Å². The Morgan fingerprint density at radius 1 is 1.45 bits per heavy atom. The second kappa shape index (κ2) is 7.69. The molecule has 6 nitrogen and oxygen atoms in total. The molecule has 20 heavy (non-hydrogen) atoms. The van der Waals surface area contributed by atoms with Crippen LogP contribution in [0.2, 0.25) is 5.02 Å². The van der Waals surface area contributed by atoms with Crippen LogP contribution < -0.4 is 10.1 Å². The molecule has 110 valence electrons. The fourth-order valence-electron chi connectivity index (χ4n) is 1.64. The van der Waals surface area contributed by atoms with Crippen LogP contribution in [0.1, 0.15) is 26.7 Å². The predicted molar refractivity (Wildman–Crippen MR) is 76.1 cm³/mol. The predicted octanol–water partition coefficient (Wildman–Crippen LogP) is 2.93. The third kappa shape index (κ3) is 4.70. The Kier molecular flexibility index (Phi) is 6.24. The number of amides is 1. The molecule has 0 aliphatic rings. The van der Waals surface area contributed by atoms with Gasteiger partial charge in [0.2, 0.25) is 0 Å². The minimum absolute atomic E-state index is 0.0205. The van der Waals surface area contributed by atoms with Gasteiger partial charge in [0.15, 0.2) is 6.61 Å². The van der Waals surface area contributed by atoms with Crippen LogP contribution >= 0.6 is 11.6 Å². The van der Waals surface area contributed by atoms with Crippen molar-refractivity contribution < 1.29 is 14.5 Å². The zero-order valence-corrected chi connectivity index (χ0v) is 12.1. The Morgan fingerprint density at radius 3 is 2.60 bits per heavy atom. The van der Waals surface area contributed by atoms with E-state index in [2.05, 4.69) is 5.32 Å². The zero-order valence-electron chi connectivity index (χ0n) is 11.4. The quantitative estimate of drug-likeness (QED) is 0.620. The van der Waals surface area contributed by atoms with Crippen molar-refractivity contribution in [1.29, 1.82) is 0 Å². The first-order chi connectivity index (χ1) is 9.47. The third-order valence-electron chi connectivity index (χ3n) is 2.84. The number of halogens is 1. The monoisotopic (exact) mass is 300 g/mol. The van der Waals surface area contributed by atoms with Gasteiger partial charge in [-0.25, -0.2) is 0 Å². The van der Waals surface area contributed by atoms with Gasteiger partial charge >= 0.3 is 0 Å². The molecule has 0 aliphatic heterocycles. The second-order valence-electron chi connectivity index (χ2n) is 4.24. The lowest BCUT2D eigenvalue weighted by Gasteiger charge is -2.15. The van der Waals surface area contributed by atoms with E-state index in [4.69, 9.17) is 16.3 Å². The number of hydrogen-bond donors (Lipinski definition) is 1. The summed E-state index contributed by atoms with van der Waals surface area (Å²) in [6.45, 7) is 3.83. The molecule has 0 aliphatic carbocycles. The van der Waals surface area contributed by atoms with E-state index in [0.717, 1.165) is 12.8 Å². The first-order valence-corrected chi connectivity index (χ1v) is 6.71. The lowest BCUT2D eigenvalue weighted by atomic mass is 10.2. The summed E-state index contributed by atoms with van der Waals surface area (Å²) in [5.74, 6) is 0.0912. The maximum absolute atomic E-state index is 11.6. The Hall–Kier alpha value is -1.82. The number of benzene rings is 1. The van der Waals surface area contributed by atoms with Crippen LogP contribution in [0.3, 0.4) is 0 Å². The number of rotatable bonds is 7. The number of hydrogen-bond acceptors (Lipinski definition) is 4. The molecule has 0 radical (unpaired) electrons. The number of nitro groups is 1. The van der Waals surface area contributed by atoms with Gasteiger partial charge in [0.05, 0.1) is 4.92 Å². The minimum atomic E-state index is -0.577. The first kappa shape index (κ1) is 16.2. The van der Waals surface area contributed by atoms with E-state index >= 15 is 0 Å². The summed E-state index contributed by atoms with van der Waals surface area (Å²) in [7, 11) is 0. The summed E-state index contributed by atoms with van der Waals surface area (Å²) in [4.78, 5) is 21.7. The summed E-state index contributed by atoms with van der Waals surface area (Å²) in [5.41, 5.74) is -0.194. The second-order valence-corrected chi connectivity index (χ2v) is 4.65. The molecule has 7 heteroatoms. The maximum Gasteiger partial charge on any atom is 0.288 e. The van der Waals surface area contributed by atoms with Crippen molar-refractivity contribution in [3.05, 3.63) is 33.3 Å². The van der Waals surface area contributed by atoms with Gasteiger partial charge in [-0.05, 0) is 18.9 Å².